The van der Waals surface area contributed by atoms with Crippen LogP contribution in [-0.4, -0.2) is 0 Å². The zero-order valence-electron chi connectivity index (χ0n) is 32.6. The van der Waals surface area contributed by atoms with Crippen LogP contribution < -0.4 is 20.8 Å². The Hall–Kier alpha value is -5.22. The van der Waals surface area contributed by atoms with Crippen LogP contribution in [0.1, 0.15) is 43.2 Å². The number of hydrogen-bond acceptors (Lipinski definition) is 4. The summed E-state index contributed by atoms with van der Waals surface area (Å²) < 4.78 is 2.61. The van der Waals surface area contributed by atoms with Crippen LogP contribution >= 0.6 is 29.1 Å². The van der Waals surface area contributed by atoms with E-state index < -0.39 is 6.04 Å². The van der Waals surface area contributed by atoms with Crippen LogP contribution in [0.5, 0.6) is 0 Å². The number of para-hydroxylation sites is 2. The molecule has 59 heavy (non-hydrogen) atoms. The molecule has 1 aliphatic heterocycles. The van der Waals surface area contributed by atoms with Crippen molar-refractivity contribution in [3.63, 3.8) is 0 Å². The molecule has 9 aromatic rings. The minimum absolute atomic E-state index is 0.0243. The highest BCUT2D eigenvalue weighted by Gasteiger charge is 2.36. The minimum Gasteiger partial charge on any atom is -0.308 e. The van der Waals surface area contributed by atoms with E-state index in [4.69, 9.17) is 11.8 Å². The Labute approximate surface area is 360 Å². The number of rotatable bonds is 7. The zero-order valence-corrected chi connectivity index (χ0v) is 36.0. The fourth-order valence-electron chi connectivity index (χ4n) is 9.71. The van der Waals surface area contributed by atoms with E-state index in [9.17, 15) is 0 Å². The van der Waals surface area contributed by atoms with Gasteiger partial charge in [0.25, 0.3) is 0 Å². The summed E-state index contributed by atoms with van der Waals surface area (Å²) in [6, 6.07) is 69.8. The number of thiophene rings is 1. The molecule has 0 spiro atoms. The fourth-order valence-corrected chi connectivity index (χ4v) is 16.5. The van der Waals surface area contributed by atoms with Gasteiger partial charge < -0.3 is 4.90 Å². The third kappa shape index (κ3) is 6.23. The Kier molecular flexibility index (Phi) is 9.43. The highest BCUT2D eigenvalue weighted by molar-refractivity contribution is 8.25. The van der Waals surface area contributed by atoms with Gasteiger partial charge in [0.2, 0.25) is 0 Å². The molecule has 1 aromatic heterocycles. The van der Waals surface area contributed by atoms with Gasteiger partial charge in [-0.15, -0.1) is 11.3 Å². The van der Waals surface area contributed by atoms with Crippen molar-refractivity contribution in [3.8, 4) is 11.1 Å². The Balaban J connectivity index is 1.01. The van der Waals surface area contributed by atoms with E-state index in [0.29, 0.717) is 0 Å². The molecule has 286 valence electrons. The van der Waals surface area contributed by atoms with Gasteiger partial charge in [-0.1, -0.05) is 182 Å². The first-order valence-electron chi connectivity index (χ1n) is 20.6. The van der Waals surface area contributed by atoms with E-state index in [0.717, 1.165) is 12.8 Å². The van der Waals surface area contributed by atoms with Gasteiger partial charge in [-0.25, -0.2) is 0 Å². The van der Waals surface area contributed by atoms with Gasteiger partial charge in [0.1, 0.15) is 0 Å². The normalized spacial score (nSPS) is 14.9. The molecule has 11 rings (SSSR count). The maximum absolute atomic E-state index is 7.02. The summed E-state index contributed by atoms with van der Waals surface area (Å²) in [6.07, 6.45) is 6.09. The summed E-state index contributed by atoms with van der Waals surface area (Å²) >= 11 is 10.8. The lowest BCUT2D eigenvalue weighted by Gasteiger charge is -2.39. The van der Waals surface area contributed by atoms with Crippen LogP contribution in [0.25, 0.3) is 31.3 Å². The molecule has 1 saturated carbocycles. The largest absolute Gasteiger partial charge is 0.308 e. The summed E-state index contributed by atoms with van der Waals surface area (Å²) in [4.78, 5) is 5.01. The van der Waals surface area contributed by atoms with Gasteiger partial charge >= 0.3 is 0 Å². The quantitative estimate of drug-likeness (QED) is 0.147. The SMILES string of the molecule is S=P(c1ccccc1)(c1ccccc1)c1cc(-c2ccc(C3(c4ccc(N5c6ccccc6Sc6ccccc65)cc4)CCCCC3)cc2)cc2c1sc1ccccc12. The highest BCUT2D eigenvalue weighted by atomic mass is 32.4. The molecule has 0 bridgehead atoms. The average molecular weight is 832 g/mol. The smallest absolute Gasteiger partial charge is 0.0601 e. The first kappa shape index (κ1) is 36.8. The lowest BCUT2D eigenvalue weighted by molar-refractivity contribution is 0.346. The molecular formula is C54H42NPS3. The number of hydrogen-bond donors (Lipinski definition) is 0. The number of anilines is 3. The second-order valence-electron chi connectivity index (χ2n) is 15.9. The van der Waals surface area contributed by atoms with Crippen molar-refractivity contribution in [2.75, 3.05) is 4.90 Å². The third-order valence-corrected chi connectivity index (χ3v) is 20.1. The molecule has 1 fully saturated rings. The van der Waals surface area contributed by atoms with Crippen molar-refractivity contribution in [2.45, 2.75) is 47.3 Å². The van der Waals surface area contributed by atoms with Gasteiger partial charge in [0.15, 0.2) is 0 Å². The summed E-state index contributed by atoms with van der Waals surface area (Å²) in [5, 5.41) is 6.33. The van der Waals surface area contributed by atoms with E-state index in [-0.39, 0.29) is 5.41 Å². The number of fused-ring (bicyclic) bond motifs is 5. The van der Waals surface area contributed by atoms with Gasteiger partial charge in [0.05, 0.1) is 11.4 Å². The summed E-state index contributed by atoms with van der Waals surface area (Å²) in [5.74, 6) is 0. The summed E-state index contributed by atoms with van der Waals surface area (Å²) in [5.41, 5.74) is 8.96. The molecule has 5 heteroatoms. The number of nitrogens with zero attached hydrogens (tertiary/aromatic N) is 1. The molecule has 2 aliphatic rings. The molecule has 0 saturated heterocycles. The van der Waals surface area contributed by atoms with Crippen LogP contribution in [0.4, 0.5) is 17.1 Å². The van der Waals surface area contributed by atoms with Crippen molar-refractivity contribution < 1.29 is 0 Å². The molecule has 0 amide bonds. The van der Waals surface area contributed by atoms with Crippen molar-refractivity contribution in [3.05, 3.63) is 205 Å². The molecule has 2 heterocycles. The van der Waals surface area contributed by atoms with Gasteiger partial charge in [-0.2, -0.15) is 0 Å². The minimum atomic E-state index is -2.42. The summed E-state index contributed by atoms with van der Waals surface area (Å²) in [7, 11) is 0. The van der Waals surface area contributed by atoms with Gasteiger partial charge in [-0.3, -0.25) is 0 Å². The Bertz CT molecular complexity index is 2930. The second-order valence-corrected chi connectivity index (χ2v) is 22.4. The van der Waals surface area contributed by atoms with E-state index in [1.807, 2.05) is 23.1 Å². The van der Waals surface area contributed by atoms with E-state index in [1.165, 1.54) is 104 Å². The number of benzene rings is 8. The molecule has 0 radical (unpaired) electrons. The molecule has 0 unspecified atom stereocenters. The Morgan fingerprint density at radius 3 is 1.66 bits per heavy atom. The van der Waals surface area contributed by atoms with Crippen LogP contribution in [-0.2, 0) is 17.2 Å². The first-order chi connectivity index (χ1) is 29.1. The fraction of sp³-hybridized carbons (Fsp3) is 0.111. The van der Waals surface area contributed by atoms with E-state index >= 15 is 0 Å². The standard InChI is InChI=1S/C54H42NPS3/c57-56(43-16-4-1-5-17-43,44-18-6-2-7-19-44)49-37-39(36-46-45-20-8-11-23-50(45)59-53(46)49)38-26-28-40(29-27-38)54(34-14-3-15-35-54)41-30-32-42(33-31-41)55-47-21-9-12-24-51(47)58-52-25-13-10-22-48(52)55/h1-2,4-13,16-33,36-37H,3,14-15,34-35H2. The van der Waals surface area contributed by atoms with Crippen LogP contribution in [0.3, 0.4) is 0 Å². The van der Waals surface area contributed by atoms with Gasteiger partial charge in [0, 0.05) is 52.4 Å². The van der Waals surface area contributed by atoms with E-state index in [1.54, 1.807) is 0 Å². The first-order valence-corrected chi connectivity index (χ1v) is 25.1. The molecular weight excluding hydrogens is 790 g/mol. The Morgan fingerprint density at radius 1 is 0.492 bits per heavy atom. The molecule has 1 nitrogen and oxygen atoms in total. The van der Waals surface area contributed by atoms with Crippen molar-refractivity contribution in [2.24, 2.45) is 0 Å². The molecule has 0 atom stereocenters. The molecule has 0 N–H and O–H groups in total. The lowest BCUT2D eigenvalue weighted by atomic mass is 9.65. The Morgan fingerprint density at radius 2 is 1.03 bits per heavy atom. The van der Waals surface area contributed by atoms with Crippen molar-refractivity contribution >= 4 is 94.1 Å². The van der Waals surface area contributed by atoms with Crippen molar-refractivity contribution in [1.82, 2.24) is 0 Å². The monoisotopic (exact) mass is 831 g/mol. The van der Waals surface area contributed by atoms with Crippen LogP contribution in [0.2, 0.25) is 0 Å². The van der Waals surface area contributed by atoms with E-state index in [2.05, 4.69) is 199 Å². The predicted molar refractivity (Wildman–Crippen MR) is 260 cm³/mol. The van der Waals surface area contributed by atoms with Gasteiger partial charge in [-0.05, 0) is 100 Å². The zero-order chi connectivity index (χ0) is 39.4. The molecule has 1 aliphatic carbocycles. The maximum Gasteiger partial charge on any atom is 0.0601 e. The second kappa shape index (κ2) is 15.1. The molecule has 8 aromatic carbocycles. The highest BCUT2D eigenvalue weighted by Crippen LogP contribution is 2.53. The summed E-state index contributed by atoms with van der Waals surface area (Å²) in [6.45, 7) is 0. The average Bonchev–Trinajstić information content (AvgIpc) is 3.70. The van der Waals surface area contributed by atoms with Crippen LogP contribution in [0.15, 0.2) is 204 Å². The topological polar surface area (TPSA) is 3.24 Å². The predicted octanol–water partition coefficient (Wildman–Crippen LogP) is 14.7. The lowest BCUT2D eigenvalue weighted by Crippen LogP contribution is -2.30. The van der Waals surface area contributed by atoms with Crippen molar-refractivity contribution in [1.29, 1.82) is 0 Å². The third-order valence-electron chi connectivity index (χ3n) is 12.6. The maximum atomic E-state index is 7.02. The van der Waals surface area contributed by atoms with Crippen LogP contribution in [0, 0.1) is 0 Å².